The Morgan fingerprint density at radius 2 is 1.00 bits per heavy atom. The number of aromatic nitrogens is 6. The van der Waals surface area contributed by atoms with Crippen LogP contribution in [0.25, 0.3) is 89.8 Å². The van der Waals surface area contributed by atoms with Crippen LogP contribution in [0.5, 0.6) is 0 Å². The summed E-state index contributed by atoms with van der Waals surface area (Å²) in [6.45, 7) is 0. The van der Waals surface area contributed by atoms with Crippen molar-refractivity contribution >= 4 is 33.0 Å². The molecule has 0 saturated heterocycles. The first-order valence-corrected chi connectivity index (χ1v) is 15.3. The van der Waals surface area contributed by atoms with Crippen molar-refractivity contribution in [1.29, 1.82) is 0 Å². The van der Waals surface area contributed by atoms with Crippen molar-refractivity contribution in [3.05, 3.63) is 146 Å². The van der Waals surface area contributed by atoms with E-state index in [1.54, 1.807) is 0 Å². The molecule has 0 N–H and O–H groups in total. The zero-order valence-corrected chi connectivity index (χ0v) is 24.9. The zero-order valence-electron chi connectivity index (χ0n) is 24.9. The molecule has 0 atom stereocenters. The highest BCUT2D eigenvalue weighted by Crippen LogP contribution is 2.31. The van der Waals surface area contributed by atoms with Crippen LogP contribution in [0.2, 0.25) is 0 Å². The standard InChI is InChI=1S/C40H24N6O/c1-3-9-26(10-4-1)37-44-38(27-11-5-2-6-12-27)46-39(45-37)28-17-15-25(16-18-28)29-19-20-32-30(23-29)24-41-40(43-32)33-21-22-35-36(42-33)31-13-7-8-14-34(31)47-35/h1-24H. The van der Waals surface area contributed by atoms with E-state index in [-0.39, 0.29) is 0 Å². The van der Waals surface area contributed by atoms with Gasteiger partial charge < -0.3 is 4.42 Å². The normalized spacial score (nSPS) is 11.4. The summed E-state index contributed by atoms with van der Waals surface area (Å²) in [5, 5.41) is 1.92. The monoisotopic (exact) mass is 604 g/mol. The molecular formula is C40H24N6O. The van der Waals surface area contributed by atoms with E-state index < -0.39 is 0 Å². The third-order valence-corrected chi connectivity index (χ3v) is 8.21. The molecule has 0 radical (unpaired) electrons. The molecule has 47 heavy (non-hydrogen) atoms. The van der Waals surface area contributed by atoms with Gasteiger partial charge in [-0.3, -0.25) is 0 Å². The Hall–Kier alpha value is -6.60. The average Bonchev–Trinajstić information content (AvgIpc) is 3.53. The molecule has 7 heteroatoms. The Morgan fingerprint density at radius 1 is 0.404 bits per heavy atom. The van der Waals surface area contributed by atoms with Gasteiger partial charge in [-0.25, -0.2) is 29.9 Å². The molecular weight excluding hydrogens is 580 g/mol. The predicted octanol–water partition coefficient (Wildman–Crippen LogP) is 9.44. The molecule has 0 amide bonds. The predicted molar refractivity (Wildman–Crippen MR) is 185 cm³/mol. The van der Waals surface area contributed by atoms with Gasteiger partial charge in [0.25, 0.3) is 0 Å². The summed E-state index contributed by atoms with van der Waals surface area (Å²) < 4.78 is 5.94. The van der Waals surface area contributed by atoms with Gasteiger partial charge in [0, 0.05) is 33.7 Å². The summed E-state index contributed by atoms with van der Waals surface area (Å²) in [5.41, 5.74) is 8.85. The molecule has 9 aromatic rings. The first-order chi connectivity index (χ1) is 23.2. The number of fused-ring (bicyclic) bond motifs is 4. The zero-order chi connectivity index (χ0) is 31.2. The van der Waals surface area contributed by atoms with Crippen molar-refractivity contribution < 1.29 is 4.42 Å². The summed E-state index contributed by atoms with van der Waals surface area (Å²) in [6.07, 6.45) is 1.86. The summed E-state index contributed by atoms with van der Waals surface area (Å²) in [7, 11) is 0. The fraction of sp³-hybridized carbons (Fsp3) is 0. The van der Waals surface area contributed by atoms with Crippen molar-refractivity contribution in [2.24, 2.45) is 0 Å². The molecule has 220 valence electrons. The molecule has 0 aliphatic heterocycles. The molecule has 5 aromatic carbocycles. The first-order valence-electron chi connectivity index (χ1n) is 15.3. The lowest BCUT2D eigenvalue weighted by atomic mass is 10.0. The fourth-order valence-electron chi connectivity index (χ4n) is 5.80. The summed E-state index contributed by atoms with van der Waals surface area (Å²) >= 11 is 0. The molecule has 0 bridgehead atoms. The smallest absolute Gasteiger partial charge is 0.178 e. The van der Waals surface area contributed by atoms with Crippen LogP contribution < -0.4 is 0 Å². The third-order valence-electron chi connectivity index (χ3n) is 8.21. The largest absolute Gasteiger partial charge is 0.454 e. The second kappa shape index (κ2) is 11.1. The minimum absolute atomic E-state index is 0.573. The van der Waals surface area contributed by atoms with Crippen LogP contribution in [-0.4, -0.2) is 29.9 Å². The van der Waals surface area contributed by atoms with Crippen molar-refractivity contribution in [3.8, 4) is 56.8 Å². The lowest BCUT2D eigenvalue weighted by Gasteiger charge is -2.09. The highest BCUT2D eigenvalue weighted by Gasteiger charge is 2.14. The highest BCUT2D eigenvalue weighted by atomic mass is 16.3. The number of furan rings is 1. The molecule has 7 nitrogen and oxygen atoms in total. The number of para-hydroxylation sites is 1. The molecule has 4 aromatic heterocycles. The summed E-state index contributed by atoms with van der Waals surface area (Å²) in [6, 6.07) is 46.2. The highest BCUT2D eigenvalue weighted by molar-refractivity contribution is 6.02. The van der Waals surface area contributed by atoms with E-state index in [1.807, 2.05) is 109 Å². The van der Waals surface area contributed by atoms with Crippen LogP contribution >= 0.6 is 0 Å². The van der Waals surface area contributed by atoms with Gasteiger partial charge in [-0.05, 0) is 47.5 Å². The number of rotatable bonds is 5. The first kappa shape index (κ1) is 26.8. The number of pyridine rings is 1. The van der Waals surface area contributed by atoms with Crippen molar-refractivity contribution in [2.45, 2.75) is 0 Å². The van der Waals surface area contributed by atoms with Crippen molar-refractivity contribution in [2.75, 3.05) is 0 Å². The van der Waals surface area contributed by atoms with Gasteiger partial charge in [0.05, 0.1) is 5.52 Å². The summed E-state index contributed by atoms with van der Waals surface area (Å²) in [5.74, 6) is 2.48. The van der Waals surface area contributed by atoms with Gasteiger partial charge in [0.2, 0.25) is 0 Å². The van der Waals surface area contributed by atoms with Crippen LogP contribution in [0.1, 0.15) is 0 Å². The Labute approximate surface area is 269 Å². The maximum atomic E-state index is 5.94. The minimum atomic E-state index is 0.573. The lowest BCUT2D eigenvalue weighted by Crippen LogP contribution is -2.00. The van der Waals surface area contributed by atoms with Crippen LogP contribution in [0.3, 0.4) is 0 Å². The number of nitrogens with zero attached hydrogens (tertiary/aromatic N) is 6. The van der Waals surface area contributed by atoms with E-state index >= 15 is 0 Å². The Morgan fingerprint density at radius 3 is 1.70 bits per heavy atom. The minimum Gasteiger partial charge on any atom is -0.454 e. The van der Waals surface area contributed by atoms with Gasteiger partial charge in [0.1, 0.15) is 16.8 Å². The average molecular weight is 605 g/mol. The Kier molecular flexibility index (Phi) is 6.31. The van der Waals surface area contributed by atoms with Gasteiger partial charge in [-0.1, -0.05) is 103 Å². The number of hydrogen-bond donors (Lipinski definition) is 0. The van der Waals surface area contributed by atoms with Gasteiger partial charge in [-0.15, -0.1) is 0 Å². The van der Waals surface area contributed by atoms with Gasteiger partial charge >= 0.3 is 0 Å². The molecule has 0 unspecified atom stereocenters. The fourth-order valence-corrected chi connectivity index (χ4v) is 5.80. The van der Waals surface area contributed by atoms with Crippen molar-refractivity contribution in [3.63, 3.8) is 0 Å². The molecule has 0 spiro atoms. The lowest BCUT2D eigenvalue weighted by molar-refractivity contribution is 0.668. The Balaban J connectivity index is 1.03. The van der Waals surface area contributed by atoms with Gasteiger partial charge in [-0.2, -0.15) is 0 Å². The molecule has 0 aliphatic rings. The van der Waals surface area contributed by atoms with Crippen molar-refractivity contribution in [1.82, 2.24) is 29.9 Å². The maximum absolute atomic E-state index is 5.94. The Bertz CT molecular complexity index is 2510. The van der Waals surface area contributed by atoms with Crippen LogP contribution in [0.15, 0.2) is 150 Å². The van der Waals surface area contributed by atoms with E-state index in [1.165, 1.54) is 0 Å². The molecule has 0 fully saturated rings. The van der Waals surface area contributed by atoms with E-state index in [0.717, 1.165) is 60.8 Å². The van der Waals surface area contributed by atoms with E-state index in [0.29, 0.717) is 29.0 Å². The molecule has 0 saturated carbocycles. The second-order valence-corrected chi connectivity index (χ2v) is 11.2. The second-order valence-electron chi connectivity index (χ2n) is 11.2. The van der Waals surface area contributed by atoms with E-state index in [9.17, 15) is 0 Å². The maximum Gasteiger partial charge on any atom is 0.178 e. The summed E-state index contributed by atoms with van der Waals surface area (Å²) in [4.78, 5) is 28.9. The SMILES string of the molecule is c1ccc(-c2nc(-c3ccccc3)nc(-c3ccc(-c4ccc5nc(-c6ccc7oc8ccccc8c7n6)ncc5c4)cc3)n2)cc1. The van der Waals surface area contributed by atoms with E-state index in [2.05, 4.69) is 41.4 Å². The topological polar surface area (TPSA) is 90.5 Å². The number of benzene rings is 5. The quantitative estimate of drug-likeness (QED) is 0.193. The molecule has 4 heterocycles. The molecule has 9 rings (SSSR count). The molecule has 0 aliphatic carbocycles. The number of hydrogen-bond acceptors (Lipinski definition) is 7. The third kappa shape index (κ3) is 4.96. The van der Waals surface area contributed by atoms with Crippen LogP contribution in [0.4, 0.5) is 0 Å². The van der Waals surface area contributed by atoms with Crippen LogP contribution in [-0.2, 0) is 0 Å². The van der Waals surface area contributed by atoms with Gasteiger partial charge in [0.15, 0.2) is 28.9 Å². The van der Waals surface area contributed by atoms with E-state index in [4.69, 9.17) is 29.3 Å². The van der Waals surface area contributed by atoms with Crippen LogP contribution in [0, 0.1) is 0 Å².